The molecule has 1 N–H and O–H groups in total. The zero-order valence-electron chi connectivity index (χ0n) is 12.6. The zero-order chi connectivity index (χ0) is 17.3. The van der Waals surface area contributed by atoms with Crippen LogP contribution in [0.25, 0.3) is 10.9 Å². The first-order valence-corrected chi connectivity index (χ1v) is 7.05. The molecular weight excluding hydrogens is 312 g/mol. The second kappa shape index (κ2) is 5.96. The molecule has 0 fully saturated rings. The molecule has 1 heterocycles. The Morgan fingerprint density at radius 1 is 1.08 bits per heavy atom. The number of nitro groups is 1. The molecule has 7 heteroatoms. The highest BCUT2D eigenvalue weighted by molar-refractivity contribution is 6.10. The topological polar surface area (TPSA) is 102 Å². The fourth-order valence-corrected chi connectivity index (χ4v) is 2.39. The lowest BCUT2D eigenvalue weighted by atomic mass is 10.1. The standard InChI is InChI=1S/C17H12N2O5/c1-10-4-2-3-5-12(10)16(20)24-17(21)14-9-18-15-7-6-11(19(22)23)8-13(14)15/h2-9,18H,1H3. The average Bonchev–Trinajstić information content (AvgIpc) is 2.98. The van der Waals surface area contributed by atoms with E-state index >= 15 is 0 Å². The van der Waals surface area contributed by atoms with Crippen molar-refractivity contribution < 1.29 is 19.2 Å². The van der Waals surface area contributed by atoms with Crippen LogP contribution in [0.15, 0.2) is 48.7 Å². The molecule has 3 aromatic rings. The Bertz CT molecular complexity index is 974. The Balaban J connectivity index is 1.91. The summed E-state index contributed by atoms with van der Waals surface area (Å²) < 4.78 is 4.90. The van der Waals surface area contributed by atoms with Gasteiger partial charge in [-0.3, -0.25) is 10.1 Å². The van der Waals surface area contributed by atoms with Gasteiger partial charge in [0.15, 0.2) is 0 Å². The lowest BCUT2D eigenvalue weighted by Gasteiger charge is -2.04. The van der Waals surface area contributed by atoms with Crippen LogP contribution in [-0.2, 0) is 4.74 Å². The number of rotatable bonds is 3. The number of carbonyl (C=O) groups excluding carboxylic acids is 2. The van der Waals surface area contributed by atoms with Crippen LogP contribution >= 0.6 is 0 Å². The fourth-order valence-electron chi connectivity index (χ4n) is 2.39. The van der Waals surface area contributed by atoms with Crippen molar-refractivity contribution in [3.63, 3.8) is 0 Å². The van der Waals surface area contributed by atoms with Crippen LogP contribution in [0.3, 0.4) is 0 Å². The Morgan fingerprint density at radius 3 is 2.50 bits per heavy atom. The van der Waals surface area contributed by atoms with Gasteiger partial charge in [-0.2, -0.15) is 0 Å². The third kappa shape index (κ3) is 2.74. The van der Waals surface area contributed by atoms with E-state index in [1.165, 1.54) is 24.4 Å². The summed E-state index contributed by atoms with van der Waals surface area (Å²) in [4.78, 5) is 37.5. The molecule has 0 atom stereocenters. The monoisotopic (exact) mass is 324 g/mol. The first-order chi connectivity index (χ1) is 11.5. The van der Waals surface area contributed by atoms with E-state index in [4.69, 9.17) is 4.74 Å². The number of H-pyrrole nitrogens is 1. The minimum absolute atomic E-state index is 0.0654. The van der Waals surface area contributed by atoms with Gasteiger partial charge >= 0.3 is 11.9 Å². The van der Waals surface area contributed by atoms with Gasteiger partial charge in [-0.25, -0.2) is 9.59 Å². The molecule has 2 aromatic carbocycles. The highest BCUT2D eigenvalue weighted by Gasteiger charge is 2.20. The summed E-state index contributed by atoms with van der Waals surface area (Å²) in [6.45, 7) is 1.73. The van der Waals surface area contributed by atoms with Crippen LogP contribution in [0.4, 0.5) is 5.69 Å². The number of ether oxygens (including phenoxy) is 1. The van der Waals surface area contributed by atoms with Crippen LogP contribution in [0.2, 0.25) is 0 Å². The normalized spacial score (nSPS) is 10.5. The molecule has 120 valence electrons. The van der Waals surface area contributed by atoms with Gasteiger partial charge in [0.25, 0.3) is 5.69 Å². The molecule has 0 aliphatic carbocycles. The summed E-state index contributed by atoms with van der Waals surface area (Å²) in [7, 11) is 0. The average molecular weight is 324 g/mol. The van der Waals surface area contributed by atoms with E-state index < -0.39 is 16.9 Å². The van der Waals surface area contributed by atoms with Crippen molar-refractivity contribution in [2.45, 2.75) is 6.92 Å². The van der Waals surface area contributed by atoms with E-state index in [0.717, 1.165) is 0 Å². The molecule has 0 bridgehead atoms. The maximum atomic E-state index is 12.3. The molecule has 0 aliphatic heterocycles. The number of non-ortho nitro benzene ring substituents is 1. The number of nitro benzene ring substituents is 1. The number of esters is 2. The molecule has 0 spiro atoms. The number of nitrogens with zero attached hydrogens (tertiary/aromatic N) is 1. The Morgan fingerprint density at radius 2 is 1.79 bits per heavy atom. The van der Waals surface area contributed by atoms with Crippen LogP contribution in [0.1, 0.15) is 26.3 Å². The lowest BCUT2D eigenvalue weighted by molar-refractivity contribution is -0.384. The Kier molecular flexibility index (Phi) is 3.83. The molecule has 0 amide bonds. The van der Waals surface area contributed by atoms with Gasteiger partial charge in [-0.05, 0) is 24.6 Å². The van der Waals surface area contributed by atoms with Gasteiger partial charge in [-0.1, -0.05) is 18.2 Å². The highest BCUT2D eigenvalue weighted by atomic mass is 16.6. The summed E-state index contributed by atoms with van der Waals surface area (Å²) in [5.41, 5.74) is 1.43. The lowest BCUT2D eigenvalue weighted by Crippen LogP contribution is -2.13. The smallest absolute Gasteiger partial charge is 0.348 e. The number of aryl methyl sites for hydroxylation is 1. The minimum atomic E-state index is -0.866. The second-order valence-electron chi connectivity index (χ2n) is 5.18. The summed E-state index contributed by atoms with van der Waals surface area (Å²) in [5.74, 6) is -1.63. The van der Waals surface area contributed by atoms with Crippen molar-refractivity contribution in [1.82, 2.24) is 4.98 Å². The van der Waals surface area contributed by atoms with Crippen molar-refractivity contribution >= 4 is 28.5 Å². The quantitative estimate of drug-likeness (QED) is 0.344. The number of hydrogen-bond acceptors (Lipinski definition) is 5. The van der Waals surface area contributed by atoms with E-state index in [9.17, 15) is 19.7 Å². The number of aromatic nitrogens is 1. The first kappa shape index (κ1) is 15.4. The van der Waals surface area contributed by atoms with Crippen LogP contribution in [0, 0.1) is 17.0 Å². The van der Waals surface area contributed by atoms with E-state index in [1.807, 2.05) is 0 Å². The van der Waals surface area contributed by atoms with E-state index in [0.29, 0.717) is 16.5 Å². The molecule has 0 saturated heterocycles. The maximum Gasteiger partial charge on any atom is 0.348 e. The first-order valence-electron chi connectivity index (χ1n) is 7.05. The SMILES string of the molecule is Cc1ccccc1C(=O)OC(=O)c1c[nH]c2ccc([N+](=O)[O-])cc12. The molecule has 0 unspecified atom stereocenters. The molecule has 0 saturated carbocycles. The van der Waals surface area contributed by atoms with Crippen molar-refractivity contribution in [1.29, 1.82) is 0 Å². The molecule has 7 nitrogen and oxygen atoms in total. The van der Waals surface area contributed by atoms with Crippen LogP contribution in [0.5, 0.6) is 0 Å². The number of benzene rings is 2. The fraction of sp³-hybridized carbons (Fsp3) is 0.0588. The van der Waals surface area contributed by atoms with Gasteiger partial charge in [0, 0.05) is 29.2 Å². The van der Waals surface area contributed by atoms with E-state index in [2.05, 4.69) is 4.98 Å². The summed E-state index contributed by atoms with van der Waals surface area (Å²) in [6, 6.07) is 10.8. The van der Waals surface area contributed by atoms with Crippen LogP contribution < -0.4 is 0 Å². The Labute approximate surface area is 136 Å². The highest BCUT2D eigenvalue weighted by Crippen LogP contribution is 2.24. The Hall–Kier alpha value is -3.48. The predicted octanol–water partition coefficient (Wildman–Crippen LogP) is 3.38. The number of hydrogen-bond donors (Lipinski definition) is 1. The maximum absolute atomic E-state index is 12.3. The third-order valence-electron chi connectivity index (χ3n) is 3.65. The van der Waals surface area contributed by atoms with Crippen molar-refractivity contribution in [2.75, 3.05) is 0 Å². The molecule has 0 aliphatic rings. The third-order valence-corrected chi connectivity index (χ3v) is 3.65. The van der Waals surface area contributed by atoms with Crippen LogP contribution in [-0.4, -0.2) is 21.8 Å². The summed E-state index contributed by atoms with van der Waals surface area (Å²) in [6.07, 6.45) is 1.36. The van der Waals surface area contributed by atoms with Gasteiger partial charge in [0.1, 0.15) is 0 Å². The van der Waals surface area contributed by atoms with E-state index in [1.54, 1.807) is 31.2 Å². The summed E-state index contributed by atoms with van der Waals surface area (Å²) in [5, 5.41) is 11.2. The summed E-state index contributed by atoms with van der Waals surface area (Å²) >= 11 is 0. The largest absolute Gasteiger partial charge is 0.386 e. The number of fused-ring (bicyclic) bond motifs is 1. The van der Waals surface area contributed by atoms with Crippen molar-refractivity contribution in [3.8, 4) is 0 Å². The van der Waals surface area contributed by atoms with Crippen molar-refractivity contribution in [2.24, 2.45) is 0 Å². The number of nitrogens with one attached hydrogen (secondary N) is 1. The molecule has 0 radical (unpaired) electrons. The van der Waals surface area contributed by atoms with Gasteiger partial charge in [-0.15, -0.1) is 0 Å². The second-order valence-corrected chi connectivity index (χ2v) is 5.18. The number of aromatic amines is 1. The van der Waals surface area contributed by atoms with Gasteiger partial charge in [0.2, 0.25) is 0 Å². The van der Waals surface area contributed by atoms with E-state index in [-0.39, 0.29) is 16.8 Å². The minimum Gasteiger partial charge on any atom is -0.386 e. The van der Waals surface area contributed by atoms with Crippen molar-refractivity contribution in [3.05, 3.63) is 75.5 Å². The molecule has 1 aromatic heterocycles. The molecule has 24 heavy (non-hydrogen) atoms. The van der Waals surface area contributed by atoms with Gasteiger partial charge in [0.05, 0.1) is 16.1 Å². The number of carbonyl (C=O) groups is 2. The zero-order valence-corrected chi connectivity index (χ0v) is 12.6. The van der Waals surface area contributed by atoms with Gasteiger partial charge < -0.3 is 9.72 Å². The predicted molar refractivity (Wildman–Crippen MR) is 85.9 cm³/mol. The molecular formula is C17H12N2O5. The molecule has 3 rings (SSSR count).